The van der Waals surface area contributed by atoms with E-state index in [-0.39, 0.29) is 0 Å². The molecule has 0 spiro atoms. The van der Waals surface area contributed by atoms with Crippen molar-refractivity contribution < 1.29 is 0 Å². The Morgan fingerprint density at radius 1 is 0.368 bits per heavy atom. The van der Waals surface area contributed by atoms with Crippen LogP contribution in [0.15, 0.2) is 146 Å². The summed E-state index contributed by atoms with van der Waals surface area (Å²) >= 11 is 0. The number of hydrogen-bond donors (Lipinski definition) is 0. The van der Waals surface area contributed by atoms with Crippen molar-refractivity contribution in [2.45, 2.75) is 0 Å². The molecule has 0 saturated heterocycles. The van der Waals surface area contributed by atoms with Gasteiger partial charge in [0.05, 0.1) is 16.6 Å². The Labute approximate surface area is 220 Å². The average Bonchev–Trinajstić information content (AvgIpc) is 3.56. The van der Waals surface area contributed by atoms with Gasteiger partial charge in [0.15, 0.2) is 0 Å². The number of benzene rings is 6. The topological polar surface area (TPSA) is 9.86 Å². The lowest BCUT2D eigenvalue weighted by atomic mass is 10.0. The highest BCUT2D eigenvalue weighted by molar-refractivity contribution is 6.18. The van der Waals surface area contributed by atoms with Gasteiger partial charge < -0.3 is 9.13 Å². The lowest BCUT2D eigenvalue weighted by Crippen LogP contribution is -1.93. The first kappa shape index (κ1) is 21.0. The summed E-state index contributed by atoms with van der Waals surface area (Å²) in [7, 11) is 0. The van der Waals surface area contributed by atoms with Gasteiger partial charge in [0.2, 0.25) is 0 Å². The highest BCUT2D eigenvalue weighted by Gasteiger charge is 2.15. The van der Waals surface area contributed by atoms with Crippen LogP contribution >= 0.6 is 0 Å². The van der Waals surface area contributed by atoms with E-state index in [1.807, 2.05) is 0 Å². The molecule has 38 heavy (non-hydrogen) atoms. The van der Waals surface area contributed by atoms with Crippen LogP contribution in [0, 0.1) is 0 Å². The number of fused-ring (bicyclic) bond motifs is 6. The summed E-state index contributed by atoms with van der Waals surface area (Å²) in [5, 5.41) is 6.36. The summed E-state index contributed by atoms with van der Waals surface area (Å²) in [4.78, 5) is 0. The second kappa shape index (κ2) is 8.22. The maximum atomic E-state index is 2.39. The van der Waals surface area contributed by atoms with E-state index >= 15 is 0 Å². The zero-order valence-corrected chi connectivity index (χ0v) is 20.8. The third-order valence-corrected chi connectivity index (χ3v) is 7.73. The quantitative estimate of drug-likeness (QED) is 0.236. The molecule has 2 aromatic heterocycles. The number of aromatic nitrogens is 2. The molecule has 178 valence electrons. The highest BCUT2D eigenvalue weighted by Crippen LogP contribution is 2.37. The second-order valence-corrected chi connectivity index (χ2v) is 9.88. The third kappa shape index (κ3) is 3.14. The minimum Gasteiger partial charge on any atom is -0.317 e. The van der Waals surface area contributed by atoms with Crippen molar-refractivity contribution in [2.75, 3.05) is 0 Å². The van der Waals surface area contributed by atoms with Gasteiger partial charge in [-0.25, -0.2) is 0 Å². The fourth-order valence-electron chi connectivity index (χ4n) is 5.96. The summed E-state index contributed by atoms with van der Waals surface area (Å²) in [6.07, 6.45) is 2.20. The molecule has 0 aliphatic rings. The zero-order valence-electron chi connectivity index (χ0n) is 20.8. The molecular formula is C36H24N2. The number of hydrogen-bond acceptors (Lipinski definition) is 0. The molecule has 0 aliphatic heterocycles. The molecule has 0 radical (unpaired) electrons. The zero-order chi connectivity index (χ0) is 25.1. The smallest absolute Gasteiger partial charge is 0.0547 e. The Kier molecular flexibility index (Phi) is 4.55. The van der Waals surface area contributed by atoms with Crippen molar-refractivity contribution in [1.29, 1.82) is 0 Å². The van der Waals surface area contributed by atoms with Crippen molar-refractivity contribution in [2.24, 2.45) is 0 Å². The van der Waals surface area contributed by atoms with Crippen LogP contribution in [0.2, 0.25) is 0 Å². The van der Waals surface area contributed by atoms with E-state index < -0.39 is 0 Å². The maximum Gasteiger partial charge on any atom is 0.0547 e. The van der Waals surface area contributed by atoms with E-state index in [0.717, 1.165) is 0 Å². The molecule has 2 heteroatoms. The van der Waals surface area contributed by atoms with Gasteiger partial charge in [-0.15, -0.1) is 0 Å². The summed E-state index contributed by atoms with van der Waals surface area (Å²) < 4.78 is 4.70. The van der Waals surface area contributed by atoms with Crippen molar-refractivity contribution in [3.05, 3.63) is 146 Å². The van der Waals surface area contributed by atoms with E-state index in [1.165, 1.54) is 66.0 Å². The van der Waals surface area contributed by atoms with Gasteiger partial charge >= 0.3 is 0 Å². The summed E-state index contributed by atoms with van der Waals surface area (Å²) in [5.74, 6) is 0. The first-order chi connectivity index (χ1) is 18.8. The summed E-state index contributed by atoms with van der Waals surface area (Å²) in [6, 6.07) is 50.3. The Morgan fingerprint density at radius 3 is 1.95 bits per heavy atom. The fourth-order valence-corrected chi connectivity index (χ4v) is 5.96. The largest absolute Gasteiger partial charge is 0.317 e. The molecule has 8 aromatic rings. The van der Waals surface area contributed by atoms with Crippen molar-refractivity contribution in [3.63, 3.8) is 0 Å². The first-order valence-electron chi connectivity index (χ1n) is 13.0. The Hall–Kier alpha value is -5.08. The predicted octanol–water partition coefficient (Wildman–Crippen LogP) is 9.55. The lowest BCUT2D eigenvalue weighted by molar-refractivity contribution is 1.13. The van der Waals surface area contributed by atoms with E-state index in [9.17, 15) is 0 Å². The normalized spacial score (nSPS) is 11.7. The van der Waals surface area contributed by atoms with Gasteiger partial charge in [-0.05, 0) is 76.5 Å². The Balaban J connectivity index is 1.38. The monoisotopic (exact) mass is 484 g/mol. The van der Waals surface area contributed by atoms with Crippen molar-refractivity contribution >= 4 is 43.5 Å². The van der Waals surface area contributed by atoms with Gasteiger partial charge in [0, 0.05) is 33.7 Å². The third-order valence-electron chi connectivity index (χ3n) is 7.73. The van der Waals surface area contributed by atoms with Gasteiger partial charge in [0.1, 0.15) is 0 Å². The van der Waals surface area contributed by atoms with Gasteiger partial charge in [-0.2, -0.15) is 0 Å². The molecule has 0 amide bonds. The van der Waals surface area contributed by atoms with Crippen LogP contribution < -0.4 is 0 Å². The minimum atomic E-state index is 1.17. The van der Waals surface area contributed by atoms with Crippen LogP contribution in [-0.2, 0) is 0 Å². The SMILES string of the molecule is c1ccc(-c2cccc(-n3ccc4c5cc6c(cc5ccc43)c3ccccc3n6-c3ccccc3)c2)cc1. The fraction of sp³-hybridized carbons (Fsp3) is 0. The molecule has 6 aromatic carbocycles. The molecule has 2 heterocycles. The Morgan fingerprint density at radius 2 is 1.08 bits per heavy atom. The number of para-hydroxylation sites is 2. The molecule has 8 rings (SSSR count). The number of rotatable bonds is 3. The molecule has 2 nitrogen and oxygen atoms in total. The van der Waals surface area contributed by atoms with Crippen LogP contribution in [0.25, 0.3) is 66.0 Å². The molecule has 0 fully saturated rings. The van der Waals surface area contributed by atoms with Crippen LogP contribution in [0.5, 0.6) is 0 Å². The second-order valence-electron chi connectivity index (χ2n) is 9.88. The van der Waals surface area contributed by atoms with Crippen molar-refractivity contribution in [1.82, 2.24) is 9.13 Å². The van der Waals surface area contributed by atoms with E-state index in [0.29, 0.717) is 0 Å². The Bertz CT molecular complexity index is 2110. The van der Waals surface area contributed by atoms with Gasteiger partial charge in [0.25, 0.3) is 0 Å². The molecule has 0 bridgehead atoms. The lowest BCUT2D eigenvalue weighted by Gasteiger charge is -2.10. The maximum absolute atomic E-state index is 2.39. The molecule has 0 unspecified atom stereocenters. The summed E-state index contributed by atoms with van der Waals surface area (Å²) in [5.41, 5.74) is 8.48. The van der Waals surface area contributed by atoms with Crippen LogP contribution in [-0.4, -0.2) is 9.13 Å². The molecule has 0 N–H and O–H groups in total. The molecule has 0 atom stereocenters. The molecule has 0 aliphatic carbocycles. The van der Waals surface area contributed by atoms with Gasteiger partial charge in [-0.3, -0.25) is 0 Å². The molecule has 0 saturated carbocycles. The highest BCUT2D eigenvalue weighted by atomic mass is 15.0. The van der Waals surface area contributed by atoms with E-state index in [2.05, 4.69) is 155 Å². The van der Waals surface area contributed by atoms with E-state index in [4.69, 9.17) is 0 Å². The first-order valence-corrected chi connectivity index (χ1v) is 13.0. The molecular weight excluding hydrogens is 460 g/mol. The average molecular weight is 485 g/mol. The van der Waals surface area contributed by atoms with Gasteiger partial charge in [-0.1, -0.05) is 84.9 Å². The van der Waals surface area contributed by atoms with Crippen LogP contribution in [0.4, 0.5) is 0 Å². The minimum absolute atomic E-state index is 1.17. The van der Waals surface area contributed by atoms with Crippen molar-refractivity contribution in [3.8, 4) is 22.5 Å². The number of nitrogens with zero attached hydrogens (tertiary/aromatic N) is 2. The standard InChI is InChI=1S/C36H24N2/c1-3-10-25(11-4-1)26-12-9-15-29(22-26)37-21-20-31-32-24-36-33(23-27(32)18-19-34(31)37)30-16-7-8-17-35(30)38(36)28-13-5-2-6-14-28/h1-24H. The van der Waals surface area contributed by atoms with E-state index in [1.54, 1.807) is 0 Å². The van der Waals surface area contributed by atoms with Crippen LogP contribution in [0.3, 0.4) is 0 Å². The summed E-state index contributed by atoms with van der Waals surface area (Å²) in [6.45, 7) is 0. The van der Waals surface area contributed by atoms with Crippen LogP contribution in [0.1, 0.15) is 0 Å². The predicted molar refractivity (Wildman–Crippen MR) is 161 cm³/mol.